The summed E-state index contributed by atoms with van der Waals surface area (Å²) in [6.45, 7) is 0. The lowest BCUT2D eigenvalue weighted by Gasteiger charge is -2.05. The van der Waals surface area contributed by atoms with Gasteiger partial charge in [-0.3, -0.25) is 0 Å². The van der Waals surface area contributed by atoms with Crippen LogP contribution in [0, 0.1) is 0 Å². The molecule has 0 spiro atoms. The molecule has 0 aliphatic carbocycles. The molecule has 0 saturated carbocycles. The first-order valence-corrected chi connectivity index (χ1v) is 6.83. The molecule has 0 aliphatic heterocycles. The number of hydrogen-bond donors (Lipinski definition) is 0. The van der Waals surface area contributed by atoms with Crippen LogP contribution in [-0.2, 0) is 4.74 Å². The van der Waals surface area contributed by atoms with Crippen molar-refractivity contribution in [2.75, 3.05) is 7.11 Å². The van der Waals surface area contributed by atoms with Crippen molar-refractivity contribution in [3.63, 3.8) is 0 Å². The van der Waals surface area contributed by atoms with Gasteiger partial charge in [-0.15, -0.1) is 0 Å². The normalized spacial score (nSPS) is 10.2. The van der Waals surface area contributed by atoms with Gasteiger partial charge in [0.25, 0.3) is 0 Å². The first-order chi connectivity index (χ1) is 8.60. The van der Waals surface area contributed by atoms with E-state index in [0.717, 1.165) is 20.1 Å². The van der Waals surface area contributed by atoms with Gasteiger partial charge in [-0.1, -0.05) is 44.0 Å². The van der Waals surface area contributed by atoms with Crippen LogP contribution < -0.4 is 0 Å². The Morgan fingerprint density at radius 1 is 0.944 bits per heavy atom. The number of esters is 1. The summed E-state index contributed by atoms with van der Waals surface area (Å²) in [5, 5.41) is 0. The second-order valence-electron chi connectivity index (χ2n) is 3.73. The van der Waals surface area contributed by atoms with Crippen molar-refractivity contribution in [2.45, 2.75) is 0 Å². The predicted molar refractivity (Wildman–Crippen MR) is 78.6 cm³/mol. The van der Waals surface area contributed by atoms with E-state index in [1.807, 2.05) is 30.3 Å². The van der Waals surface area contributed by atoms with E-state index in [0.29, 0.717) is 5.56 Å². The molecule has 0 aromatic heterocycles. The van der Waals surface area contributed by atoms with Crippen LogP contribution in [0.4, 0.5) is 0 Å². The number of benzene rings is 2. The zero-order valence-electron chi connectivity index (χ0n) is 9.61. The molecule has 0 aliphatic rings. The molecule has 2 aromatic rings. The van der Waals surface area contributed by atoms with Crippen molar-refractivity contribution < 1.29 is 9.53 Å². The zero-order chi connectivity index (χ0) is 13.1. The van der Waals surface area contributed by atoms with Crippen molar-refractivity contribution in [2.24, 2.45) is 0 Å². The van der Waals surface area contributed by atoms with E-state index in [2.05, 4.69) is 36.6 Å². The summed E-state index contributed by atoms with van der Waals surface area (Å²) in [6.07, 6.45) is 0. The third-order valence-electron chi connectivity index (χ3n) is 2.50. The Balaban J connectivity index is 2.37. The van der Waals surface area contributed by atoms with E-state index in [9.17, 15) is 4.79 Å². The Bertz CT molecular complexity index is 557. The van der Waals surface area contributed by atoms with E-state index in [4.69, 9.17) is 0 Å². The molecule has 0 saturated heterocycles. The molecule has 0 bridgehead atoms. The largest absolute Gasteiger partial charge is 0.465 e. The molecule has 0 amide bonds. The van der Waals surface area contributed by atoms with E-state index in [1.165, 1.54) is 7.11 Å². The van der Waals surface area contributed by atoms with Crippen molar-refractivity contribution in [1.29, 1.82) is 0 Å². The van der Waals surface area contributed by atoms with Crippen LogP contribution in [0.15, 0.2) is 51.4 Å². The average Bonchev–Trinajstić information content (AvgIpc) is 2.37. The second-order valence-corrected chi connectivity index (χ2v) is 5.56. The first-order valence-electron chi connectivity index (χ1n) is 5.25. The third kappa shape index (κ3) is 3.00. The maximum atomic E-state index is 11.3. The highest BCUT2D eigenvalue weighted by Crippen LogP contribution is 2.27. The lowest BCUT2D eigenvalue weighted by Crippen LogP contribution is -2.00. The van der Waals surface area contributed by atoms with E-state index in [-0.39, 0.29) is 5.97 Å². The fourth-order valence-electron chi connectivity index (χ4n) is 1.64. The zero-order valence-corrected chi connectivity index (χ0v) is 12.8. The SMILES string of the molecule is COC(=O)c1ccc(-c2cc(Br)cc(Br)c2)cc1. The molecule has 2 aromatic carbocycles. The lowest BCUT2D eigenvalue weighted by atomic mass is 10.0. The van der Waals surface area contributed by atoms with Gasteiger partial charge in [-0.05, 0) is 41.5 Å². The van der Waals surface area contributed by atoms with E-state index < -0.39 is 0 Å². The summed E-state index contributed by atoms with van der Waals surface area (Å²) < 4.78 is 6.67. The molecule has 92 valence electrons. The maximum Gasteiger partial charge on any atom is 0.337 e. The Labute approximate surface area is 122 Å². The van der Waals surface area contributed by atoms with Crippen LogP contribution in [0.1, 0.15) is 10.4 Å². The van der Waals surface area contributed by atoms with Gasteiger partial charge in [0.1, 0.15) is 0 Å². The summed E-state index contributed by atoms with van der Waals surface area (Å²) in [6, 6.07) is 13.4. The van der Waals surface area contributed by atoms with Crippen LogP contribution in [0.2, 0.25) is 0 Å². The summed E-state index contributed by atoms with van der Waals surface area (Å²) >= 11 is 6.91. The highest BCUT2D eigenvalue weighted by molar-refractivity contribution is 9.11. The predicted octanol–water partition coefficient (Wildman–Crippen LogP) is 4.67. The van der Waals surface area contributed by atoms with E-state index >= 15 is 0 Å². The molecule has 0 radical (unpaired) electrons. The molecule has 0 atom stereocenters. The second kappa shape index (κ2) is 5.67. The Hall–Kier alpha value is -1.13. The molecule has 2 rings (SSSR count). The number of halogens is 2. The minimum Gasteiger partial charge on any atom is -0.465 e. The van der Waals surface area contributed by atoms with Gasteiger partial charge < -0.3 is 4.74 Å². The topological polar surface area (TPSA) is 26.3 Å². The molecule has 4 heteroatoms. The van der Waals surface area contributed by atoms with Crippen molar-refractivity contribution >= 4 is 37.8 Å². The van der Waals surface area contributed by atoms with Crippen LogP contribution in [0.25, 0.3) is 11.1 Å². The van der Waals surface area contributed by atoms with Crippen LogP contribution in [-0.4, -0.2) is 13.1 Å². The Morgan fingerprint density at radius 3 is 2.00 bits per heavy atom. The first kappa shape index (κ1) is 13.3. The number of hydrogen-bond acceptors (Lipinski definition) is 2. The van der Waals surface area contributed by atoms with Crippen LogP contribution in [0.5, 0.6) is 0 Å². The highest BCUT2D eigenvalue weighted by atomic mass is 79.9. The quantitative estimate of drug-likeness (QED) is 0.719. The maximum absolute atomic E-state index is 11.3. The average molecular weight is 370 g/mol. The minimum absolute atomic E-state index is 0.322. The van der Waals surface area contributed by atoms with Crippen LogP contribution >= 0.6 is 31.9 Å². The van der Waals surface area contributed by atoms with Gasteiger partial charge in [0.15, 0.2) is 0 Å². The smallest absolute Gasteiger partial charge is 0.337 e. The van der Waals surface area contributed by atoms with Gasteiger partial charge in [-0.25, -0.2) is 4.79 Å². The molecule has 2 nitrogen and oxygen atoms in total. The molecular formula is C14H10Br2O2. The summed E-state index contributed by atoms with van der Waals surface area (Å²) in [4.78, 5) is 11.3. The monoisotopic (exact) mass is 368 g/mol. The Kier molecular flexibility index (Phi) is 4.19. The number of ether oxygens (including phenoxy) is 1. The number of carbonyl (C=O) groups excluding carboxylic acids is 1. The molecule has 0 N–H and O–H groups in total. The number of carbonyl (C=O) groups is 1. The molecule has 0 heterocycles. The summed E-state index contributed by atoms with van der Waals surface area (Å²) in [7, 11) is 1.38. The van der Waals surface area contributed by atoms with Crippen molar-refractivity contribution in [3.05, 3.63) is 57.0 Å². The van der Waals surface area contributed by atoms with Gasteiger partial charge in [-0.2, -0.15) is 0 Å². The van der Waals surface area contributed by atoms with Crippen LogP contribution in [0.3, 0.4) is 0 Å². The molecule has 0 unspecified atom stereocenters. The Morgan fingerprint density at radius 2 is 1.50 bits per heavy atom. The molecule has 18 heavy (non-hydrogen) atoms. The fourth-order valence-corrected chi connectivity index (χ4v) is 2.93. The minimum atomic E-state index is -0.322. The number of rotatable bonds is 2. The number of methoxy groups -OCH3 is 1. The standard InChI is InChI=1S/C14H10Br2O2/c1-18-14(17)10-4-2-9(3-5-10)11-6-12(15)8-13(16)7-11/h2-8H,1H3. The van der Waals surface area contributed by atoms with Crippen molar-refractivity contribution in [3.8, 4) is 11.1 Å². The fraction of sp³-hybridized carbons (Fsp3) is 0.0714. The van der Waals surface area contributed by atoms with Crippen molar-refractivity contribution in [1.82, 2.24) is 0 Å². The van der Waals surface area contributed by atoms with Gasteiger partial charge in [0, 0.05) is 8.95 Å². The third-order valence-corrected chi connectivity index (χ3v) is 3.42. The summed E-state index contributed by atoms with van der Waals surface area (Å²) in [5.41, 5.74) is 2.67. The van der Waals surface area contributed by atoms with E-state index in [1.54, 1.807) is 12.1 Å². The molecule has 0 fully saturated rings. The highest BCUT2D eigenvalue weighted by Gasteiger charge is 2.06. The lowest BCUT2D eigenvalue weighted by molar-refractivity contribution is 0.0601. The summed E-state index contributed by atoms with van der Waals surface area (Å²) in [5.74, 6) is -0.322. The van der Waals surface area contributed by atoms with Gasteiger partial charge >= 0.3 is 5.97 Å². The van der Waals surface area contributed by atoms with Gasteiger partial charge in [0.2, 0.25) is 0 Å². The van der Waals surface area contributed by atoms with Gasteiger partial charge in [0.05, 0.1) is 12.7 Å². The molecular weight excluding hydrogens is 360 g/mol.